The number of aryl methyl sites for hydroxylation is 1. The van der Waals surface area contributed by atoms with E-state index in [1.54, 1.807) is 6.92 Å². The summed E-state index contributed by atoms with van der Waals surface area (Å²) in [5.41, 5.74) is 0.769. The maximum Gasteiger partial charge on any atom is 0.166 e. The molecule has 15 heavy (non-hydrogen) atoms. The fourth-order valence-electron chi connectivity index (χ4n) is 1.39. The van der Waals surface area contributed by atoms with E-state index in [2.05, 4.69) is 15.9 Å². The lowest BCUT2D eigenvalue weighted by molar-refractivity contribution is 0.184. The molecule has 0 fully saturated rings. The summed E-state index contributed by atoms with van der Waals surface area (Å²) in [6.07, 6.45) is 0.792. The van der Waals surface area contributed by atoms with Gasteiger partial charge in [0.15, 0.2) is 11.6 Å². The lowest BCUT2D eigenvalue weighted by atomic mass is 10.1. The molecule has 0 bridgehead atoms. The van der Waals surface area contributed by atoms with E-state index in [0.29, 0.717) is 17.3 Å². The first-order chi connectivity index (χ1) is 7.04. The van der Waals surface area contributed by atoms with Crippen molar-refractivity contribution in [1.82, 2.24) is 0 Å². The third-order valence-electron chi connectivity index (χ3n) is 2.12. The van der Waals surface area contributed by atoms with Crippen molar-refractivity contribution in [3.63, 3.8) is 0 Å². The zero-order valence-electron chi connectivity index (χ0n) is 8.76. The Morgan fingerprint density at radius 1 is 1.53 bits per heavy atom. The van der Waals surface area contributed by atoms with E-state index < -0.39 is 6.10 Å². The molecule has 1 aromatic rings. The van der Waals surface area contributed by atoms with Gasteiger partial charge in [-0.05, 0) is 37.5 Å². The first kappa shape index (κ1) is 12.5. The predicted molar refractivity (Wildman–Crippen MR) is 60.7 cm³/mol. The highest BCUT2D eigenvalue weighted by atomic mass is 79.9. The van der Waals surface area contributed by atoms with Gasteiger partial charge >= 0.3 is 0 Å². The second-order valence-corrected chi connectivity index (χ2v) is 4.38. The van der Waals surface area contributed by atoms with Crippen LogP contribution in [-0.4, -0.2) is 18.3 Å². The zero-order chi connectivity index (χ0) is 11.4. The van der Waals surface area contributed by atoms with Crippen molar-refractivity contribution in [1.29, 1.82) is 0 Å². The fourth-order valence-corrected chi connectivity index (χ4v) is 1.87. The van der Waals surface area contributed by atoms with Crippen LogP contribution >= 0.6 is 15.9 Å². The number of ether oxygens (including phenoxy) is 1. The number of hydrogen-bond acceptors (Lipinski definition) is 2. The Bertz CT molecular complexity index is 340. The van der Waals surface area contributed by atoms with E-state index in [9.17, 15) is 4.39 Å². The average molecular weight is 277 g/mol. The van der Waals surface area contributed by atoms with E-state index in [1.807, 2.05) is 6.07 Å². The van der Waals surface area contributed by atoms with Crippen molar-refractivity contribution in [2.45, 2.75) is 25.9 Å². The van der Waals surface area contributed by atoms with Gasteiger partial charge in [0.05, 0.1) is 13.2 Å². The summed E-state index contributed by atoms with van der Waals surface area (Å²) < 4.78 is 19.1. The Kier molecular flexibility index (Phi) is 4.54. The smallest absolute Gasteiger partial charge is 0.166 e. The quantitative estimate of drug-likeness (QED) is 0.917. The molecule has 0 amide bonds. The Labute approximate surface area is 97.2 Å². The second kappa shape index (κ2) is 5.47. The molecule has 1 N–H and O–H groups in total. The number of aliphatic hydroxyl groups is 1. The molecule has 0 aromatic heterocycles. The van der Waals surface area contributed by atoms with Crippen LogP contribution in [0.1, 0.15) is 18.9 Å². The first-order valence-electron chi connectivity index (χ1n) is 4.74. The minimum Gasteiger partial charge on any atom is -0.493 e. The van der Waals surface area contributed by atoms with Crippen molar-refractivity contribution in [2.24, 2.45) is 0 Å². The number of hydrogen-bond donors (Lipinski definition) is 1. The standard InChI is InChI=1S/C11H14BrFO2/c1-7(14)3-4-8-5-9(12)6-10(13)11(8)15-2/h5-7,14H,3-4H2,1-2H3/t7-/m1/s1. The molecule has 2 nitrogen and oxygen atoms in total. The predicted octanol–water partition coefficient (Wildman–Crippen LogP) is 2.91. The molecule has 0 aliphatic heterocycles. The minimum absolute atomic E-state index is 0.263. The Hall–Kier alpha value is -0.610. The average Bonchev–Trinajstić information content (AvgIpc) is 2.13. The molecular formula is C11H14BrFO2. The van der Waals surface area contributed by atoms with Gasteiger partial charge in [0.1, 0.15) is 0 Å². The number of aliphatic hydroxyl groups excluding tert-OH is 1. The lowest BCUT2D eigenvalue weighted by Crippen LogP contribution is -2.03. The highest BCUT2D eigenvalue weighted by molar-refractivity contribution is 9.10. The molecule has 0 radical (unpaired) electrons. The molecule has 0 aliphatic rings. The Morgan fingerprint density at radius 2 is 2.20 bits per heavy atom. The largest absolute Gasteiger partial charge is 0.493 e. The van der Waals surface area contributed by atoms with Crippen LogP contribution in [-0.2, 0) is 6.42 Å². The van der Waals surface area contributed by atoms with Crippen LogP contribution in [0.25, 0.3) is 0 Å². The molecular weight excluding hydrogens is 263 g/mol. The van der Waals surface area contributed by atoms with Crippen molar-refractivity contribution in [2.75, 3.05) is 7.11 Å². The maximum atomic E-state index is 13.4. The van der Waals surface area contributed by atoms with E-state index >= 15 is 0 Å². The number of methoxy groups -OCH3 is 1. The maximum absolute atomic E-state index is 13.4. The summed E-state index contributed by atoms with van der Waals surface area (Å²) >= 11 is 3.23. The second-order valence-electron chi connectivity index (χ2n) is 3.47. The molecule has 4 heteroatoms. The normalized spacial score (nSPS) is 12.6. The topological polar surface area (TPSA) is 29.5 Å². The number of rotatable bonds is 4. The molecule has 1 aromatic carbocycles. The zero-order valence-corrected chi connectivity index (χ0v) is 10.3. The molecule has 1 atom stereocenters. The molecule has 0 saturated carbocycles. The van der Waals surface area contributed by atoms with Gasteiger partial charge in [-0.15, -0.1) is 0 Å². The summed E-state index contributed by atoms with van der Waals surface area (Å²) in [6, 6.07) is 3.18. The van der Waals surface area contributed by atoms with E-state index in [1.165, 1.54) is 13.2 Å². The summed E-state index contributed by atoms with van der Waals surface area (Å²) in [6.45, 7) is 1.71. The Morgan fingerprint density at radius 3 is 2.73 bits per heavy atom. The van der Waals surface area contributed by atoms with Gasteiger partial charge < -0.3 is 9.84 Å². The van der Waals surface area contributed by atoms with Crippen LogP contribution in [0.15, 0.2) is 16.6 Å². The van der Waals surface area contributed by atoms with Gasteiger partial charge in [0, 0.05) is 4.47 Å². The van der Waals surface area contributed by atoms with E-state index in [0.717, 1.165) is 5.56 Å². The lowest BCUT2D eigenvalue weighted by Gasteiger charge is -2.11. The highest BCUT2D eigenvalue weighted by Crippen LogP contribution is 2.28. The fraction of sp³-hybridized carbons (Fsp3) is 0.455. The van der Waals surface area contributed by atoms with Crippen molar-refractivity contribution >= 4 is 15.9 Å². The van der Waals surface area contributed by atoms with Crippen LogP contribution in [0.4, 0.5) is 4.39 Å². The Balaban J connectivity index is 2.93. The molecule has 0 heterocycles. The molecule has 0 aliphatic carbocycles. The summed E-state index contributed by atoms with van der Waals surface area (Å²) in [4.78, 5) is 0. The van der Waals surface area contributed by atoms with Crippen molar-refractivity contribution in [3.05, 3.63) is 28.0 Å². The van der Waals surface area contributed by atoms with Crippen molar-refractivity contribution in [3.8, 4) is 5.75 Å². The number of halogens is 2. The van der Waals surface area contributed by atoms with Crippen LogP contribution in [0.5, 0.6) is 5.75 Å². The van der Waals surface area contributed by atoms with Gasteiger partial charge in [0.25, 0.3) is 0 Å². The number of benzene rings is 1. The van der Waals surface area contributed by atoms with Gasteiger partial charge in [-0.25, -0.2) is 4.39 Å². The van der Waals surface area contributed by atoms with Crippen LogP contribution < -0.4 is 4.74 Å². The van der Waals surface area contributed by atoms with Crippen LogP contribution in [0, 0.1) is 5.82 Å². The van der Waals surface area contributed by atoms with Gasteiger partial charge in [-0.3, -0.25) is 0 Å². The summed E-state index contributed by atoms with van der Waals surface area (Å²) in [7, 11) is 1.44. The molecule has 0 unspecified atom stereocenters. The summed E-state index contributed by atoms with van der Waals surface area (Å²) in [5.74, 6) is -0.119. The van der Waals surface area contributed by atoms with E-state index in [4.69, 9.17) is 9.84 Å². The molecule has 0 saturated heterocycles. The van der Waals surface area contributed by atoms with Gasteiger partial charge in [-0.1, -0.05) is 15.9 Å². The third-order valence-corrected chi connectivity index (χ3v) is 2.58. The van der Waals surface area contributed by atoms with E-state index in [-0.39, 0.29) is 11.6 Å². The first-order valence-corrected chi connectivity index (χ1v) is 5.54. The van der Waals surface area contributed by atoms with Gasteiger partial charge in [-0.2, -0.15) is 0 Å². The van der Waals surface area contributed by atoms with Gasteiger partial charge in [0.2, 0.25) is 0 Å². The van der Waals surface area contributed by atoms with Crippen molar-refractivity contribution < 1.29 is 14.2 Å². The minimum atomic E-state index is -0.392. The third kappa shape index (κ3) is 3.47. The molecule has 84 valence electrons. The summed E-state index contributed by atoms with van der Waals surface area (Å²) in [5, 5.41) is 9.17. The molecule has 0 spiro atoms. The SMILES string of the molecule is COc1c(F)cc(Br)cc1CC[C@@H](C)O. The highest BCUT2D eigenvalue weighted by Gasteiger charge is 2.11. The van der Waals surface area contributed by atoms with Crippen LogP contribution in [0.2, 0.25) is 0 Å². The molecule has 1 rings (SSSR count). The monoisotopic (exact) mass is 276 g/mol. The van der Waals surface area contributed by atoms with Crippen LogP contribution in [0.3, 0.4) is 0 Å².